The van der Waals surface area contributed by atoms with Crippen molar-refractivity contribution in [2.24, 2.45) is 0 Å². The topological polar surface area (TPSA) is 50.4 Å². The number of halogens is 1. The minimum absolute atomic E-state index is 0.163. The summed E-state index contributed by atoms with van der Waals surface area (Å²) in [5.74, 6) is 0.318. The van der Waals surface area contributed by atoms with Crippen LogP contribution < -0.4 is 15.4 Å². The third-order valence-corrected chi connectivity index (χ3v) is 2.30. The number of amides is 1. The van der Waals surface area contributed by atoms with Crippen LogP contribution in [0.4, 0.5) is 0 Å². The van der Waals surface area contributed by atoms with Gasteiger partial charge in [-0.05, 0) is 25.2 Å². The number of carbonyl (C=O) groups excluding carboxylic acids is 1. The van der Waals surface area contributed by atoms with Crippen molar-refractivity contribution in [1.82, 2.24) is 10.6 Å². The van der Waals surface area contributed by atoms with Gasteiger partial charge >= 0.3 is 0 Å². The summed E-state index contributed by atoms with van der Waals surface area (Å²) in [7, 11) is 3.34. The summed E-state index contributed by atoms with van der Waals surface area (Å²) < 4.78 is 5.09. The molecule has 1 rings (SSSR count). The van der Waals surface area contributed by atoms with Crippen LogP contribution in [0.2, 0.25) is 5.02 Å². The summed E-state index contributed by atoms with van der Waals surface area (Å²) in [5, 5.41) is 6.26. The van der Waals surface area contributed by atoms with Crippen LogP contribution in [-0.2, 0) is 0 Å². The number of nitrogens with one attached hydrogen (secondary N) is 2. The Hall–Kier alpha value is -1.26. The van der Waals surface area contributed by atoms with Gasteiger partial charge in [0.05, 0.1) is 12.7 Å². The Morgan fingerprint density at radius 3 is 2.81 bits per heavy atom. The third-order valence-electron chi connectivity index (χ3n) is 2.07. The standard InChI is InChI=1S/C11H15ClN2O2/c1-13-5-6-14-11(15)9-4-3-8(12)7-10(9)16-2/h3-4,7,13H,5-6H2,1-2H3,(H,14,15). The Balaban J connectivity index is 2.74. The molecule has 0 fully saturated rings. The molecule has 0 spiro atoms. The average Bonchev–Trinajstić information content (AvgIpc) is 2.29. The minimum atomic E-state index is -0.163. The maximum Gasteiger partial charge on any atom is 0.255 e. The summed E-state index contributed by atoms with van der Waals surface area (Å²) in [6.45, 7) is 1.29. The number of ether oxygens (including phenoxy) is 1. The molecule has 0 saturated heterocycles. The van der Waals surface area contributed by atoms with Crippen molar-refractivity contribution in [2.45, 2.75) is 0 Å². The van der Waals surface area contributed by atoms with Gasteiger partial charge in [-0.3, -0.25) is 4.79 Å². The molecule has 0 atom stereocenters. The second-order valence-electron chi connectivity index (χ2n) is 3.20. The van der Waals surface area contributed by atoms with E-state index in [9.17, 15) is 4.79 Å². The maximum atomic E-state index is 11.7. The molecule has 0 aliphatic rings. The zero-order valence-corrected chi connectivity index (χ0v) is 10.1. The van der Waals surface area contributed by atoms with E-state index in [1.165, 1.54) is 7.11 Å². The lowest BCUT2D eigenvalue weighted by Gasteiger charge is -2.09. The maximum absolute atomic E-state index is 11.7. The number of rotatable bonds is 5. The molecule has 0 radical (unpaired) electrons. The highest BCUT2D eigenvalue weighted by Gasteiger charge is 2.11. The van der Waals surface area contributed by atoms with Crippen LogP contribution in [0, 0.1) is 0 Å². The molecule has 0 heterocycles. The first kappa shape index (κ1) is 12.8. The van der Waals surface area contributed by atoms with Crippen molar-refractivity contribution in [3.05, 3.63) is 28.8 Å². The van der Waals surface area contributed by atoms with E-state index in [1.807, 2.05) is 7.05 Å². The van der Waals surface area contributed by atoms with Crippen LogP contribution in [0.1, 0.15) is 10.4 Å². The smallest absolute Gasteiger partial charge is 0.255 e. The highest BCUT2D eigenvalue weighted by molar-refractivity contribution is 6.30. The molecule has 88 valence electrons. The van der Waals surface area contributed by atoms with E-state index in [1.54, 1.807) is 18.2 Å². The van der Waals surface area contributed by atoms with Crippen LogP contribution in [0.25, 0.3) is 0 Å². The SMILES string of the molecule is CNCCNC(=O)c1ccc(Cl)cc1OC. The molecule has 5 heteroatoms. The first-order valence-corrected chi connectivity index (χ1v) is 5.33. The molecule has 2 N–H and O–H groups in total. The number of benzene rings is 1. The zero-order valence-electron chi connectivity index (χ0n) is 9.34. The molecule has 16 heavy (non-hydrogen) atoms. The van der Waals surface area contributed by atoms with Gasteiger partial charge in [0.15, 0.2) is 0 Å². The van der Waals surface area contributed by atoms with Gasteiger partial charge in [0.25, 0.3) is 5.91 Å². The number of hydrogen-bond acceptors (Lipinski definition) is 3. The molecular formula is C11H15ClN2O2. The Bertz CT molecular complexity index is 369. The molecule has 0 aromatic heterocycles. The lowest BCUT2D eigenvalue weighted by Crippen LogP contribution is -2.30. The highest BCUT2D eigenvalue weighted by Crippen LogP contribution is 2.22. The molecule has 0 saturated carbocycles. The number of methoxy groups -OCH3 is 1. The van der Waals surface area contributed by atoms with Gasteiger partial charge in [-0.25, -0.2) is 0 Å². The predicted octanol–water partition coefficient (Wildman–Crippen LogP) is 1.30. The Morgan fingerprint density at radius 1 is 1.44 bits per heavy atom. The highest BCUT2D eigenvalue weighted by atomic mass is 35.5. The molecule has 1 amide bonds. The van der Waals surface area contributed by atoms with Crippen LogP contribution in [0.5, 0.6) is 5.75 Å². The second kappa shape index (κ2) is 6.35. The molecule has 0 bridgehead atoms. The molecule has 0 aliphatic heterocycles. The first-order valence-electron chi connectivity index (χ1n) is 4.95. The summed E-state index contributed by atoms with van der Waals surface area (Å²) >= 11 is 5.81. The summed E-state index contributed by atoms with van der Waals surface area (Å²) in [6.07, 6.45) is 0. The number of likely N-dealkylation sites (N-methyl/N-ethyl adjacent to an activating group) is 1. The minimum Gasteiger partial charge on any atom is -0.496 e. The van der Waals surface area contributed by atoms with Crippen molar-refractivity contribution < 1.29 is 9.53 Å². The molecule has 1 aromatic rings. The Morgan fingerprint density at radius 2 is 2.19 bits per heavy atom. The van der Waals surface area contributed by atoms with Crippen molar-refractivity contribution in [3.63, 3.8) is 0 Å². The van der Waals surface area contributed by atoms with Crippen LogP contribution in [-0.4, -0.2) is 33.2 Å². The summed E-state index contributed by atoms with van der Waals surface area (Å²) in [5.41, 5.74) is 0.489. The van der Waals surface area contributed by atoms with Crippen LogP contribution >= 0.6 is 11.6 Å². The van der Waals surface area contributed by atoms with Gasteiger partial charge in [-0.2, -0.15) is 0 Å². The fourth-order valence-corrected chi connectivity index (χ4v) is 1.41. The van der Waals surface area contributed by atoms with E-state index in [-0.39, 0.29) is 5.91 Å². The van der Waals surface area contributed by atoms with Crippen molar-refractivity contribution in [2.75, 3.05) is 27.2 Å². The largest absolute Gasteiger partial charge is 0.496 e. The fraction of sp³-hybridized carbons (Fsp3) is 0.364. The number of hydrogen-bond donors (Lipinski definition) is 2. The lowest BCUT2D eigenvalue weighted by atomic mass is 10.2. The van der Waals surface area contributed by atoms with Gasteiger partial charge in [-0.1, -0.05) is 11.6 Å². The lowest BCUT2D eigenvalue weighted by molar-refractivity contribution is 0.0951. The van der Waals surface area contributed by atoms with Gasteiger partial charge in [0, 0.05) is 18.1 Å². The fourth-order valence-electron chi connectivity index (χ4n) is 1.25. The molecule has 1 aromatic carbocycles. The quantitative estimate of drug-likeness (QED) is 0.766. The normalized spacial score (nSPS) is 9.94. The van der Waals surface area contributed by atoms with E-state index in [2.05, 4.69) is 10.6 Å². The van der Waals surface area contributed by atoms with E-state index in [0.717, 1.165) is 6.54 Å². The molecular weight excluding hydrogens is 228 g/mol. The third kappa shape index (κ3) is 3.40. The monoisotopic (exact) mass is 242 g/mol. The van der Waals surface area contributed by atoms with Crippen molar-refractivity contribution in [3.8, 4) is 5.75 Å². The second-order valence-corrected chi connectivity index (χ2v) is 3.64. The Kier molecular flexibility index (Phi) is 5.08. The van der Waals surface area contributed by atoms with Crippen molar-refractivity contribution >= 4 is 17.5 Å². The zero-order chi connectivity index (χ0) is 12.0. The van der Waals surface area contributed by atoms with Crippen LogP contribution in [0.15, 0.2) is 18.2 Å². The van der Waals surface area contributed by atoms with Crippen LogP contribution in [0.3, 0.4) is 0 Å². The van der Waals surface area contributed by atoms with Gasteiger partial charge in [0.1, 0.15) is 5.75 Å². The molecule has 4 nitrogen and oxygen atoms in total. The molecule has 0 aliphatic carbocycles. The molecule has 0 unspecified atom stereocenters. The average molecular weight is 243 g/mol. The van der Waals surface area contributed by atoms with E-state index in [0.29, 0.717) is 22.9 Å². The predicted molar refractivity (Wildman–Crippen MR) is 64.3 cm³/mol. The van der Waals surface area contributed by atoms with Crippen molar-refractivity contribution in [1.29, 1.82) is 0 Å². The Labute approximate surface area is 99.9 Å². The summed E-state index contributed by atoms with van der Waals surface area (Å²) in [6, 6.07) is 4.93. The van der Waals surface area contributed by atoms with E-state index in [4.69, 9.17) is 16.3 Å². The van der Waals surface area contributed by atoms with Gasteiger partial charge in [0.2, 0.25) is 0 Å². The summed E-state index contributed by atoms with van der Waals surface area (Å²) in [4.78, 5) is 11.7. The van der Waals surface area contributed by atoms with E-state index >= 15 is 0 Å². The number of carbonyl (C=O) groups is 1. The van der Waals surface area contributed by atoms with Gasteiger partial charge in [-0.15, -0.1) is 0 Å². The van der Waals surface area contributed by atoms with E-state index < -0.39 is 0 Å². The first-order chi connectivity index (χ1) is 7.69. The van der Waals surface area contributed by atoms with Gasteiger partial charge < -0.3 is 15.4 Å².